The van der Waals surface area contributed by atoms with Crippen molar-refractivity contribution < 1.29 is 42.8 Å². The SMILES string of the molecule is C=CCCCCOC(=O)[C@H](C)NP(=O)(OCC1OC(n2cnc3c(OCCC=C)nc(NC)nc32)[C@](C)(O)[C@@H]1O)Oc1cccc2ccccc12. The van der Waals surface area contributed by atoms with Crippen molar-refractivity contribution in [3.05, 3.63) is 74.1 Å². The lowest BCUT2D eigenvalue weighted by Crippen LogP contribution is -2.44. The fourth-order valence-corrected chi connectivity index (χ4v) is 7.06. The molecule has 0 aliphatic carbocycles. The normalized spacial score (nSPS) is 21.9. The molecule has 274 valence electrons. The number of fused-ring (bicyclic) bond motifs is 2. The van der Waals surface area contributed by atoms with Crippen molar-refractivity contribution in [2.45, 2.75) is 69.6 Å². The van der Waals surface area contributed by atoms with Gasteiger partial charge in [-0.25, -0.2) is 9.55 Å². The summed E-state index contributed by atoms with van der Waals surface area (Å²) in [5.74, 6) is 0.0347. The predicted octanol–water partition coefficient (Wildman–Crippen LogP) is 5.07. The van der Waals surface area contributed by atoms with E-state index in [1.54, 1.807) is 37.4 Å². The number of carbonyl (C=O) groups excluding carboxylic acids is 1. The Hall–Kier alpha value is -4.37. The van der Waals surface area contributed by atoms with Crippen molar-refractivity contribution in [1.29, 1.82) is 0 Å². The minimum atomic E-state index is -4.38. The summed E-state index contributed by atoms with van der Waals surface area (Å²) >= 11 is 0. The molecule has 1 fully saturated rings. The first-order valence-electron chi connectivity index (χ1n) is 16.7. The van der Waals surface area contributed by atoms with E-state index in [0.29, 0.717) is 30.4 Å². The second-order valence-electron chi connectivity index (χ2n) is 12.2. The quantitative estimate of drug-likeness (QED) is 0.0434. The van der Waals surface area contributed by atoms with Crippen molar-refractivity contribution in [3.63, 3.8) is 0 Å². The van der Waals surface area contributed by atoms with E-state index in [1.807, 2.05) is 24.3 Å². The Morgan fingerprint density at radius 1 is 1.14 bits per heavy atom. The molecule has 15 nitrogen and oxygen atoms in total. The van der Waals surface area contributed by atoms with E-state index in [4.69, 9.17) is 23.3 Å². The molecule has 4 N–H and O–H groups in total. The van der Waals surface area contributed by atoms with E-state index in [1.165, 1.54) is 24.7 Å². The van der Waals surface area contributed by atoms with E-state index in [2.05, 4.69) is 38.5 Å². The molecule has 0 amide bonds. The molecule has 3 unspecified atom stereocenters. The van der Waals surface area contributed by atoms with Gasteiger partial charge >= 0.3 is 13.7 Å². The Bertz CT molecular complexity index is 1880. The number of aliphatic hydroxyl groups excluding tert-OH is 1. The molecule has 2 aromatic heterocycles. The molecular weight excluding hydrogens is 679 g/mol. The third-order valence-corrected chi connectivity index (χ3v) is 9.94. The molecule has 2 aromatic carbocycles. The zero-order chi connectivity index (χ0) is 36.6. The number of benzene rings is 2. The van der Waals surface area contributed by atoms with Crippen LogP contribution >= 0.6 is 7.75 Å². The maximum Gasteiger partial charge on any atom is 0.459 e. The number of ether oxygens (including phenoxy) is 3. The fraction of sp³-hybridized carbons (Fsp3) is 0.429. The van der Waals surface area contributed by atoms with Crippen LogP contribution in [0.15, 0.2) is 74.1 Å². The molecule has 1 saturated heterocycles. The minimum absolute atomic E-state index is 0.179. The predicted molar refractivity (Wildman–Crippen MR) is 191 cm³/mol. The number of anilines is 1. The lowest BCUT2D eigenvalue weighted by atomic mass is 9.96. The van der Waals surface area contributed by atoms with E-state index in [-0.39, 0.29) is 29.8 Å². The van der Waals surface area contributed by atoms with Gasteiger partial charge in [0.25, 0.3) is 0 Å². The van der Waals surface area contributed by atoms with Gasteiger partial charge in [0.05, 0.1) is 26.1 Å². The number of nitrogens with zero attached hydrogens (tertiary/aromatic N) is 4. The summed E-state index contributed by atoms with van der Waals surface area (Å²) in [6.07, 6.45) is 3.76. The number of allylic oxidation sites excluding steroid dienone is 1. The van der Waals surface area contributed by atoms with Crippen molar-refractivity contribution in [1.82, 2.24) is 24.6 Å². The molecule has 16 heteroatoms. The number of hydrogen-bond acceptors (Lipinski definition) is 13. The third-order valence-electron chi connectivity index (χ3n) is 8.31. The maximum absolute atomic E-state index is 14.4. The van der Waals surface area contributed by atoms with E-state index in [0.717, 1.165) is 18.2 Å². The molecule has 0 bridgehead atoms. The number of aliphatic hydroxyl groups is 2. The summed E-state index contributed by atoms with van der Waals surface area (Å²) in [5, 5.41) is 29.9. The number of hydrogen-bond donors (Lipinski definition) is 4. The van der Waals surface area contributed by atoms with Crippen molar-refractivity contribution in [2.75, 3.05) is 32.2 Å². The van der Waals surface area contributed by atoms with Gasteiger partial charge in [0, 0.05) is 12.4 Å². The van der Waals surface area contributed by atoms with Crippen molar-refractivity contribution >= 4 is 41.6 Å². The van der Waals surface area contributed by atoms with Crippen LogP contribution in [0.5, 0.6) is 11.6 Å². The number of nitrogens with one attached hydrogen (secondary N) is 2. The van der Waals surface area contributed by atoms with Gasteiger partial charge < -0.3 is 34.3 Å². The largest absolute Gasteiger partial charge is 0.476 e. The first-order chi connectivity index (χ1) is 24.5. The number of carbonyl (C=O) groups is 1. The molecule has 4 aromatic rings. The first kappa shape index (κ1) is 37.9. The van der Waals surface area contributed by atoms with E-state index >= 15 is 0 Å². The molecule has 1 aliphatic rings. The second-order valence-corrected chi connectivity index (χ2v) is 13.9. The first-order valence-corrected chi connectivity index (χ1v) is 18.2. The fourth-order valence-electron chi connectivity index (χ4n) is 5.54. The summed E-state index contributed by atoms with van der Waals surface area (Å²) < 4.78 is 45.2. The minimum Gasteiger partial charge on any atom is -0.476 e. The van der Waals surface area contributed by atoms with Crippen molar-refractivity contribution in [2.24, 2.45) is 0 Å². The number of esters is 1. The molecular formula is C35H45N6O9P. The zero-order valence-corrected chi connectivity index (χ0v) is 29.8. The average molecular weight is 725 g/mol. The second kappa shape index (κ2) is 16.8. The molecule has 0 radical (unpaired) electrons. The Kier molecular flexibility index (Phi) is 12.5. The van der Waals surface area contributed by atoms with Crippen LogP contribution in [-0.4, -0.2) is 86.4 Å². The molecule has 3 heterocycles. The Morgan fingerprint density at radius 2 is 1.90 bits per heavy atom. The maximum atomic E-state index is 14.4. The van der Waals surface area contributed by atoms with Crippen LogP contribution in [0.4, 0.5) is 5.95 Å². The molecule has 0 spiro atoms. The number of unbranched alkanes of at least 4 members (excludes halogenated alkanes) is 2. The lowest BCUT2D eigenvalue weighted by molar-refractivity contribution is -0.145. The molecule has 0 saturated carbocycles. The van der Waals surface area contributed by atoms with Crippen LogP contribution in [0, 0.1) is 0 Å². The van der Waals surface area contributed by atoms with Gasteiger partial charge in [-0.05, 0) is 51.0 Å². The number of imidazole rings is 1. The Balaban J connectivity index is 1.38. The zero-order valence-electron chi connectivity index (χ0n) is 28.9. The monoisotopic (exact) mass is 724 g/mol. The third kappa shape index (κ3) is 8.75. The highest BCUT2D eigenvalue weighted by Crippen LogP contribution is 2.48. The van der Waals surface area contributed by atoms with Crippen molar-refractivity contribution in [3.8, 4) is 11.6 Å². The summed E-state index contributed by atoms with van der Waals surface area (Å²) in [7, 11) is -2.74. The number of rotatable bonds is 19. The summed E-state index contributed by atoms with van der Waals surface area (Å²) in [6, 6.07) is 11.5. The van der Waals surface area contributed by atoms with E-state index < -0.39 is 50.4 Å². The molecule has 5 rings (SSSR count). The van der Waals surface area contributed by atoms with Gasteiger partial charge in [-0.2, -0.15) is 15.1 Å². The standard InChI is InChI=1S/C35H45N6O9P/c1-6-8-10-13-20-47-32(43)23(3)40-51(45,50-26-18-14-16-24-15-11-12-17-25(24)26)48-21-27-29(42)35(4,44)33(49-27)41-22-37-28-30(41)38-34(36-5)39-31(28)46-19-9-7-2/h6-7,11-12,14-18,22-23,27,29,33,42,44H,1-2,8-10,13,19-21H2,3-5H3,(H,40,45)(H,36,38,39)/t23-,27?,29+,33?,35+,51?/m0/s1. The topological polar surface area (TPSA) is 188 Å². The van der Waals surface area contributed by atoms with Gasteiger partial charge in [0.2, 0.25) is 11.8 Å². The summed E-state index contributed by atoms with van der Waals surface area (Å²) in [5.41, 5.74) is -1.32. The van der Waals surface area contributed by atoms with Crippen LogP contribution in [-0.2, 0) is 23.4 Å². The van der Waals surface area contributed by atoms with Gasteiger partial charge in [-0.3, -0.25) is 13.9 Å². The van der Waals surface area contributed by atoms with Gasteiger partial charge in [-0.1, -0.05) is 48.6 Å². The number of aromatic nitrogens is 4. The summed E-state index contributed by atoms with van der Waals surface area (Å²) in [4.78, 5) is 26.1. The van der Waals surface area contributed by atoms with Crippen LogP contribution in [0.2, 0.25) is 0 Å². The van der Waals surface area contributed by atoms with Crippen LogP contribution < -0.4 is 19.7 Å². The Labute approximate surface area is 296 Å². The van der Waals surface area contributed by atoms with Crippen LogP contribution in [0.1, 0.15) is 45.8 Å². The summed E-state index contributed by atoms with van der Waals surface area (Å²) in [6.45, 7) is 10.3. The average Bonchev–Trinajstić information content (AvgIpc) is 3.64. The van der Waals surface area contributed by atoms with Crippen LogP contribution in [0.25, 0.3) is 21.9 Å². The van der Waals surface area contributed by atoms with Crippen LogP contribution in [0.3, 0.4) is 0 Å². The highest BCUT2D eigenvalue weighted by atomic mass is 31.2. The van der Waals surface area contributed by atoms with E-state index in [9.17, 15) is 19.6 Å². The van der Waals surface area contributed by atoms with Gasteiger partial charge in [0.1, 0.15) is 29.6 Å². The smallest absolute Gasteiger partial charge is 0.459 e. The Morgan fingerprint density at radius 3 is 2.67 bits per heavy atom. The molecule has 1 aliphatic heterocycles. The lowest BCUT2D eigenvalue weighted by Gasteiger charge is -2.27. The van der Waals surface area contributed by atoms with Gasteiger partial charge in [0.15, 0.2) is 17.4 Å². The van der Waals surface area contributed by atoms with Gasteiger partial charge in [-0.15, -0.1) is 13.2 Å². The highest BCUT2D eigenvalue weighted by Gasteiger charge is 2.54. The molecule has 51 heavy (non-hydrogen) atoms. The highest BCUT2D eigenvalue weighted by molar-refractivity contribution is 7.52. The molecule has 6 atom stereocenters.